The normalized spacial score (nSPS) is 17.8. The van der Waals surface area contributed by atoms with E-state index in [-0.39, 0.29) is 11.5 Å². The van der Waals surface area contributed by atoms with Gasteiger partial charge in [0.1, 0.15) is 5.56 Å². The van der Waals surface area contributed by atoms with Crippen LogP contribution in [0.4, 0.5) is 0 Å². The number of carbonyl (C=O) groups excluding carboxylic acids is 1. The number of carboxylic acid groups (broad SMARTS) is 1. The summed E-state index contributed by atoms with van der Waals surface area (Å²) in [6, 6.07) is 7.12. The smallest absolute Gasteiger partial charge is 0.339 e. The summed E-state index contributed by atoms with van der Waals surface area (Å²) in [5.74, 6) is 0.00913. The molecule has 2 aromatic rings. The summed E-state index contributed by atoms with van der Waals surface area (Å²) in [6.07, 6.45) is 1.34. The van der Waals surface area contributed by atoms with E-state index in [1.165, 1.54) is 6.20 Å². The molecule has 3 rings (SSSR count). The minimum absolute atomic E-state index is 0.0390. The molecule has 1 amide bonds. The van der Waals surface area contributed by atoms with Crippen LogP contribution in [0.1, 0.15) is 33.3 Å². The fourth-order valence-corrected chi connectivity index (χ4v) is 3.82. The van der Waals surface area contributed by atoms with Gasteiger partial charge in [-0.05, 0) is 31.2 Å². The van der Waals surface area contributed by atoms with Gasteiger partial charge >= 0.3 is 5.97 Å². The number of amides is 1. The lowest BCUT2D eigenvalue weighted by molar-refractivity contribution is 0.0695. The topological polar surface area (TPSA) is 75.4 Å². The third-order valence-corrected chi connectivity index (χ3v) is 5.26. The second-order valence-corrected chi connectivity index (χ2v) is 7.39. The molecule has 1 N–H and O–H groups in total. The Morgan fingerprint density at radius 3 is 2.58 bits per heavy atom. The van der Waals surface area contributed by atoms with E-state index in [0.29, 0.717) is 16.5 Å². The predicted octanol–water partition coefficient (Wildman–Crippen LogP) is 2.46. The highest BCUT2D eigenvalue weighted by molar-refractivity contribution is 7.99. The summed E-state index contributed by atoms with van der Waals surface area (Å²) in [7, 11) is 0. The van der Waals surface area contributed by atoms with Crippen molar-refractivity contribution in [2.45, 2.75) is 19.1 Å². The van der Waals surface area contributed by atoms with E-state index >= 15 is 0 Å². The zero-order valence-electron chi connectivity index (χ0n) is 13.6. The minimum Gasteiger partial charge on any atom is -0.478 e. The van der Waals surface area contributed by atoms with Crippen molar-refractivity contribution in [3.8, 4) is 5.69 Å². The SMILES string of the molecule is Cc1c(C(=O)O)cnn1-c1ccc(C(=O)N2CCS[C@H](C)C2)cc1. The quantitative estimate of drug-likeness (QED) is 0.925. The molecule has 0 saturated carbocycles. The highest BCUT2D eigenvalue weighted by atomic mass is 32.2. The number of hydrogen-bond acceptors (Lipinski definition) is 4. The number of thioether (sulfide) groups is 1. The van der Waals surface area contributed by atoms with E-state index < -0.39 is 5.97 Å². The molecule has 6 nitrogen and oxygen atoms in total. The lowest BCUT2D eigenvalue weighted by Gasteiger charge is -2.30. The summed E-state index contributed by atoms with van der Waals surface area (Å²) < 4.78 is 1.57. The van der Waals surface area contributed by atoms with Gasteiger partial charge in [-0.25, -0.2) is 9.48 Å². The summed E-state index contributed by atoms with van der Waals surface area (Å²) in [4.78, 5) is 25.6. The highest BCUT2D eigenvalue weighted by Crippen LogP contribution is 2.20. The standard InChI is InChI=1S/C17H19N3O3S/c1-11-10-19(7-8-24-11)16(21)13-3-5-14(6-4-13)20-12(2)15(9-18-20)17(22)23/h3-6,9,11H,7-8,10H2,1-2H3,(H,22,23)/t11-/m1/s1. The van der Waals surface area contributed by atoms with Crippen molar-refractivity contribution < 1.29 is 14.7 Å². The van der Waals surface area contributed by atoms with Gasteiger partial charge in [0.05, 0.1) is 17.6 Å². The Morgan fingerprint density at radius 2 is 2.00 bits per heavy atom. The molecular formula is C17H19N3O3S. The fourth-order valence-electron chi connectivity index (χ4n) is 2.81. The molecule has 7 heteroatoms. The average molecular weight is 345 g/mol. The molecule has 1 aliphatic heterocycles. The average Bonchev–Trinajstić information content (AvgIpc) is 2.96. The van der Waals surface area contributed by atoms with Gasteiger partial charge in [-0.1, -0.05) is 6.92 Å². The van der Waals surface area contributed by atoms with Crippen LogP contribution in [0.3, 0.4) is 0 Å². The number of hydrogen-bond donors (Lipinski definition) is 1. The van der Waals surface area contributed by atoms with Crippen LogP contribution in [0.5, 0.6) is 0 Å². The van der Waals surface area contributed by atoms with Crippen molar-refractivity contribution in [1.82, 2.24) is 14.7 Å². The molecule has 2 heterocycles. The van der Waals surface area contributed by atoms with Crippen LogP contribution in [0, 0.1) is 6.92 Å². The van der Waals surface area contributed by atoms with Crippen LogP contribution < -0.4 is 0 Å². The van der Waals surface area contributed by atoms with Crippen molar-refractivity contribution in [2.75, 3.05) is 18.8 Å². The third kappa shape index (κ3) is 3.17. The lowest BCUT2D eigenvalue weighted by Crippen LogP contribution is -2.41. The molecule has 0 radical (unpaired) electrons. The van der Waals surface area contributed by atoms with Crippen LogP contribution in [0.25, 0.3) is 5.69 Å². The molecule has 1 fully saturated rings. The Balaban J connectivity index is 1.80. The number of aromatic nitrogens is 2. The van der Waals surface area contributed by atoms with E-state index in [1.54, 1.807) is 35.9 Å². The van der Waals surface area contributed by atoms with Crippen molar-refractivity contribution in [2.24, 2.45) is 0 Å². The molecule has 0 bridgehead atoms. The first-order valence-electron chi connectivity index (χ1n) is 7.76. The first-order chi connectivity index (χ1) is 11.5. The predicted molar refractivity (Wildman–Crippen MR) is 93.1 cm³/mol. The summed E-state index contributed by atoms with van der Waals surface area (Å²) in [5.41, 5.74) is 2.11. The van der Waals surface area contributed by atoms with Crippen LogP contribution in [-0.2, 0) is 0 Å². The van der Waals surface area contributed by atoms with Crippen LogP contribution >= 0.6 is 11.8 Å². The molecule has 0 unspecified atom stereocenters. The zero-order valence-corrected chi connectivity index (χ0v) is 14.4. The second kappa shape index (κ2) is 6.68. The lowest BCUT2D eigenvalue weighted by atomic mass is 10.1. The van der Waals surface area contributed by atoms with Gasteiger partial charge < -0.3 is 10.0 Å². The van der Waals surface area contributed by atoms with E-state index in [0.717, 1.165) is 24.5 Å². The van der Waals surface area contributed by atoms with Crippen LogP contribution in [0.15, 0.2) is 30.5 Å². The van der Waals surface area contributed by atoms with E-state index in [9.17, 15) is 9.59 Å². The molecule has 1 aromatic heterocycles. The first-order valence-corrected chi connectivity index (χ1v) is 8.81. The van der Waals surface area contributed by atoms with Gasteiger partial charge in [0, 0.05) is 29.7 Å². The van der Waals surface area contributed by atoms with E-state index in [2.05, 4.69) is 12.0 Å². The maximum Gasteiger partial charge on any atom is 0.339 e. The van der Waals surface area contributed by atoms with E-state index in [4.69, 9.17) is 5.11 Å². The Bertz CT molecular complexity index is 770. The maximum absolute atomic E-state index is 12.6. The molecular weight excluding hydrogens is 326 g/mol. The minimum atomic E-state index is -0.998. The van der Waals surface area contributed by atoms with Crippen LogP contribution in [0.2, 0.25) is 0 Å². The van der Waals surface area contributed by atoms with E-state index in [1.807, 2.05) is 16.7 Å². The van der Waals surface area contributed by atoms with Crippen molar-refractivity contribution in [1.29, 1.82) is 0 Å². The Morgan fingerprint density at radius 1 is 1.29 bits per heavy atom. The summed E-state index contributed by atoms with van der Waals surface area (Å²) in [5, 5.41) is 13.7. The molecule has 126 valence electrons. The number of carboxylic acids is 1. The molecule has 1 atom stereocenters. The largest absolute Gasteiger partial charge is 0.478 e. The first kappa shape index (κ1) is 16.6. The number of aromatic carboxylic acids is 1. The highest BCUT2D eigenvalue weighted by Gasteiger charge is 2.22. The Kier molecular flexibility index (Phi) is 4.62. The van der Waals surface area contributed by atoms with Gasteiger partial charge in [0.2, 0.25) is 0 Å². The van der Waals surface area contributed by atoms with Gasteiger partial charge in [0.25, 0.3) is 5.91 Å². The third-order valence-electron chi connectivity index (χ3n) is 4.13. The molecule has 1 aliphatic rings. The molecule has 0 aliphatic carbocycles. The fraction of sp³-hybridized carbons (Fsp3) is 0.353. The van der Waals surface area contributed by atoms with Gasteiger partial charge in [0.15, 0.2) is 0 Å². The zero-order chi connectivity index (χ0) is 17.3. The number of carbonyl (C=O) groups is 2. The van der Waals surface area contributed by atoms with Crippen molar-refractivity contribution in [3.05, 3.63) is 47.3 Å². The maximum atomic E-state index is 12.6. The molecule has 1 aromatic carbocycles. The number of nitrogens with zero attached hydrogens (tertiary/aromatic N) is 3. The Labute approximate surface area is 144 Å². The second-order valence-electron chi connectivity index (χ2n) is 5.84. The van der Waals surface area contributed by atoms with Gasteiger partial charge in [-0.3, -0.25) is 4.79 Å². The number of benzene rings is 1. The molecule has 0 spiro atoms. The monoisotopic (exact) mass is 345 g/mol. The molecule has 24 heavy (non-hydrogen) atoms. The molecule has 1 saturated heterocycles. The van der Waals surface area contributed by atoms with Crippen LogP contribution in [-0.4, -0.2) is 55.8 Å². The van der Waals surface area contributed by atoms with Gasteiger partial charge in [-0.2, -0.15) is 16.9 Å². The van der Waals surface area contributed by atoms with Crippen molar-refractivity contribution in [3.63, 3.8) is 0 Å². The summed E-state index contributed by atoms with van der Waals surface area (Å²) >= 11 is 1.89. The summed E-state index contributed by atoms with van der Waals surface area (Å²) in [6.45, 7) is 5.39. The number of rotatable bonds is 3. The van der Waals surface area contributed by atoms with Crippen molar-refractivity contribution >= 4 is 23.6 Å². The van der Waals surface area contributed by atoms with Gasteiger partial charge in [-0.15, -0.1) is 0 Å². The Hall–Kier alpha value is -2.28.